The molecule has 2 aromatic heterocycles. The molecule has 0 bridgehead atoms. The van der Waals surface area contributed by atoms with E-state index < -0.39 is 11.7 Å². The van der Waals surface area contributed by atoms with E-state index in [0.29, 0.717) is 23.0 Å². The molecule has 0 spiro atoms. The number of carbonyl (C=O) groups is 2. The van der Waals surface area contributed by atoms with Gasteiger partial charge >= 0.3 is 6.09 Å². The number of aryl methyl sites for hydroxylation is 1. The zero-order valence-corrected chi connectivity index (χ0v) is 19.0. The van der Waals surface area contributed by atoms with Crippen LogP contribution in [0, 0.1) is 6.92 Å². The van der Waals surface area contributed by atoms with Gasteiger partial charge in [-0.05, 0) is 51.5 Å². The summed E-state index contributed by atoms with van der Waals surface area (Å²) in [6.07, 6.45) is -0.503. The molecule has 0 fully saturated rings. The van der Waals surface area contributed by atoms with E-state index in [9.17, 15) is 9.59 Å². The fraction of sp³-hybridized carbons (Fsp3) is 0.381. The fourth-order valence-corrected chi connectivity index (χ4v) is 4.04. The van der Waals surface area contributed by atoms with Crippen molar-refractivity contribution in [3.8, 4) is 0 Å². The molecule has 160 valence electrons. The van der Waals surface area contributed by atoms with Crippen molar-refractivity contribution in [3.05, 3.63) is 51.5 Å². The maximum atomic E-state index is 12.5. The van der Waals surface area contributed by atoms with Crippen LogP contribution in [0.15, 0.2) is 30.3 Å². The second-order valence-electron chi connectivity index (χ2n) is 7.88. The van der Waals surface area contributed by atoms with E-state index in [-0.39, 0.29) is 12.5 Å². The van der Waals surface area contributed by atoms with Gasteiger partial charge in [-0.15, -0.1) is 11.3 Å². The number of rotatable bonds is 6. The number of alkyl carbamates (subject to hydrolysis) is 1. The molecule has 7 nitrogen and oxygen atoms in total. The topological polar surface area (TPSA) is 85.3 Å². The average Bonchev–Trinajstić information content (AvgIpc) is 3.21. The number of halogens is 1. The lowest BCUT2D eigenvalue weighted by Gasteiger charge is -2.19. The zero-order chi connectivity index (χ0) is 21.9. The van der Waals surface area contributed by atoms with Gasteiger partial charge < -0.3 is 15.4 Å². The van der Waals surface area contributed by atoms with Crippen molar-refractivity contribution in [1.29, 1.82) is 0 Å². The molecular formula is C21H25ClN4O3S. The molecule has 0 atom stereocenters. The largest absolute Gasteiger partial charge is 0.444 e. The van der Waals surface area contributed by atoms with E-state index in [0.717, 1.165) is 21.5 Å². The van der Waals surface area contributed by atoms with Crippen molar-refractivity contribution in [3.63, 3.8) is 0 Å². The molecule has 2 heterocycles. The van der Waals surface area contributed by atoms with Gasteiger partial charge in [0.15, 0.2) is 0 Å². The molecular weight excluding hydrogens is 424 g/mol. The minimum absolute atomic E-state index is 0.181. The van der Waals surface area contributed by atoms with Gasteiger partial charge in [-0.25, -0.2) is 4.79 Å². The first-order valence-electron chi connectivity index (χ1n) is 9.59. The standard InChI is InChI=1S/C21H25ClN4O3S/c1-13-16-11-17(18(27)23-9-10-24-20(28)29-21(2,3)4)30-19(16)26(25-13)12-14-5-7-15(22)8-6-14/h5-8,11H,9-10,12H2,1-4H3,(H,23,27)(H,24,28). The summed E-state index contributed by atoms with van der Waals surface area (Å²) in [6, 6.07) is 9.48. The highest BCUT2D eigenvalue weighted by Crippen LogP contribution is 2.29. The SMILES string of the molecule is Cc1nn(Cc2ccc(Cl)cc2)c2sc(C(=O)NCCNC(=O)OC(C)(C)C)cc12. The van der Waals surface area contributed by atoms with Crippen molar-refractivity contribution in [1.82, 2.24) is 20.4 Å². The van der Waals surface area contributed by atoms with Crippen LogP contribution in [0.3, 0.4) is 0 Å². The summed E-state index contributed by atoms with van der Waals surface area (Å²) in [7, 11) is 0. The molecule has 0 aliphatic carbocycles. The van der Waals surface area contributed by atoms with Crippen LogP contribution in [0.1, 0.15) is 41.7 Å². The Hall–Kier alpha value is -2.58. The Morgan fingerprint density at radius 3 is 2.50 bits per heavy atom. The predicted octanol–water partition coefficient (Wildman–Crippen LogP) is 4.36. The van der Waals surface area contributed by atoms with E-state index in [4.69, 9.17) is 16.3 Å². The minimum atomic E-state index is -0.553. The Morgan fingerprint density at radius 1 is 1.17 bits per heavy atom. The first-order valence-corrected chi connectivity index (χ1v) is 10.8. The van der Waals surface area contributed by atoms with Crippen molar-refractivity contribution >= 4 is 45.2 Å². The van der Waals surface area contributed by atoms with Crippen molar-refractivity contribution in [2.45, 2.75) is 39.8 Å². The van der Waals surface area contributed by atoms with Gasteiger partial charge in [0.25, 0.3) is 5.91 Å². The number of aromatic nitrogens is 2. The van der Waals surface area contributed by atoms with Crippen LogP contribution in [0.5, 0.6) is 0 Å². The quantitative estimate of drug-likeness (QED) is 0.548. The number of nitrogens with zero attached hydrogens (tertiary/aromatic N) is 2. The van der Waals surface area contributed by atoms with Crippen molar-refractivity contribution in [2.75, 3.05) is 13.1 Å². The van der Waals surface area contributed by atoms with Gasteiger partial charge in [-0.1, -0.05) is 23.7 Å². The zero-order valence-electron chi connectivity index (χ0n) is 17.4. The molecule has 2 N–H and O–H groups in total. The molecule has 0 radical (unpaired) electrons. The number of fused-ring (bicyclic) bond motifs is 1. The molecule has 2 amide bonds. The van der Waals surface area contributed by atoms with Crippen LogP contribution in [0.4, 0.5) is 4.79 Å². The highest BCUT2D eigenvalue weighted by atomic mass is 35.5. The number of hydrogen-bond donors (Lipinski definition) is 2. The Kier molecular flexibility index (Phi) is 6.67. The van der Waals surface area contributed by atoms with E-state index in [1.807, 2.05) is 41.9 Å². The molecule has 1 aromatic carbocycles. The lowest BCUT2D eigenvalue weighted by atomic mass is 10.2. The second kappa shape index (κ2) is 9.06. The van der Waals surface area contributed by atoms with Crippen LogP contribution in [-0.2, 0) is 11.3 Å². The van der Waals surface area contributed by atoms with Gasteiger partial charge in [0.2, 0.25) is 0 Å². The summed E-state index contributed by atoms with van der Waals surface area (Å²) in [5.74, 6) is -0.181. The number of benzene rings is 1. The summed E-state index contributed by atoms with van der Waals surface area (Å²) >= 11 is 7.35. The predicted molar refractivity (Wildman–Crippen MR) is 119 cm³/mol. The summed E-state index contributed by atoms with van der Waals surface area (Å²) in [4.78, 5) is 25.7. The molecule has 0 aliphatic heterocycles. The van der Waals surface area contributed by atoms with Crippen molar-refractivity contribution < 1.29 is 14.3 Å². The Morgan fingerprint density at radius 2 is 1.83 bits per heavy atom. The fourth-order valence-electron chi connectivity index (χ4n) is 2.84. The first kappa shape index (κ1) is 22.1. The van der Waals surface area contributed by atoms with E-state index >= 15 is 0 Å². The Balaban J connectivity index is 1.60. The number of nitrogens with one attached hydrogen (secondary N) is 2. The number of amides is 2. The molecule has 9 heteroatoms. The van der Waals surface area contributed by atoms with Crippen LogP contribution < -0.4 is 10.6 Å². The van der Waals surface area contributed by atoms with E-state index in [1.165, 1.54) is 11.3 Å². The van der Waals surface area contributed by atoms with Crippen LogP contribution in [0.2, 0.25) is 5.02 Å². The third-order valence-electron chi connectivity index (χ3n) is 4.16. The summed E-state index contributed by atoms with van der Waals surface area (Å²) < 4.78 is 7.07. The Bertz CT molecular complexity index is 1050. The van der Waals surface area contributed by atoms with Gasteiger partial charge in [-0.2, -0.15) is 5.10 Å². The molecule has 0 saturated heterocycles. The van der Waals surface area contributed by atoms with Crippen LogP contribution in [-0.4, -0.2) is 40.5 Å². The molecule has 0 unspecified atom stereocenters. The monoisotopic (exact) mass is 448 g/mol. The molecule has 0 aliphatic rings. The number of thiophene rings is 1. The maximum absolute atomic E-state index is 12.5. The number of carbonyl (C=O) groups excluding carboxylic acids is 2. The lowest BCUT2D eigenvalue weighted by molar-refractivity contribution is 0.0526. The average molecular weight is 449 g/mol. The molecule has 30 heavy (non-hydrogen) atoms. The van der Waals surface area contributed by atoms with Gasteiger partial charge in [0.05, 0.1) is 17.1 Å². The van der Waals surface area contributed by atoms with E-state index in [2.05, 4.69) is 15.7 Å². The summed E-state index contributed by atoms with van der Waals surface area (Å²) in [5.41, 5.74) is 1.40. The smallest absolute Gasteiger partial charge is 0.407 e. The van der Waals surface area contributed by atoms with Crippen LogP contribution >= 0.6 is 22.9 Å². The molecule has 3 aromatic rings. The van der Waals surface area contributed by atoms with Gasteiger partial charge in [0, 0.05) is 23.5 Å². The third-order valence-corrected chi connectivity index (χ3v) is 5.55. The van der Waals surface area contributed by atoms with Gasteiger partial charge in [-0.3, -0.25) is 9.48 Å². The molecule has 0 saturated carbocycles. The second-order valence-corrected chi connectivity index (χ2v) is 9.35. The lowest BCUT2D eigenvalue weighted by Crippen LogP contribution is -2.37. The van der Waals surface area contributed by atoms with E-state index in [1.54, 1.807) is 20.8 Å². The Labute approximate surface area is 184 Å². The highest BCUT2D eigenvalue weighted by molar-refractivity contribution is 7.20. The highest BCUT2D eigenvalue weighted by Gasteiger charge is 2.17. The number of hydrogen-bond acceptors (Lipinski definition) is 5. The van der Waals surface area contributed by atoms with Crippen LogP contribution in [0.25, 0.3) is 10.2 Å². The normalized spacial score (nSPS) is 11.5. The summed E-state index contributed by atoms with van der Waals surface area (Å²) in [6.45, 7) is 8.52. The maximum Gasteiger partial charge on any atom is 0.407 e. The van der Waals surface area contributed by atoms with Gasteiger partial charge in [0.1, 0.15) is 10.4 Å². The molecule has 3 rings (SSSR count). The first-order chi connectivity index (χ1) is 14.1. The summed E-state index contributed by atoms with van der Waals surface area (Å²) in [5, 5.41) is 11.7. The van der Waals surface area contributed by atoms with Crippen molar-refractivity contribution in [2.24, 2.45) is 0 Å². The minimum Gasteiger partial charge on any atom is -0.444 e. The number of ether oxygens (including phenoxy) is 1. The third kappa shape index (κ3) is 5.73.